The maximum absolute atomic E-state index is 2.59. The summed E-state index contributed by atoms with van der Waals surface area (Å²) in [6.07, 6.45) is 0. The Bertz CT molecular complexity index is 3840. The average Bonchev–Trinajstić information content (AvgIpc) is 3.89. The minimum absolute atomic E-state index is 0.190. The van der Waals surface area contributed by atoms with Gasteiger partial charge in [0.15, 0.2) is 0 Å². The van der Waals surface area contributed by atoms with Gasteiger partial charge >= 0.3 is 0 Å². The third kappa shape index (κ3) is 5.23. The van der Waals surface area contributed by atoms with Gasteiger partial charge in [0.25, 0.3) is 0 Å². The van der Waals surface area contributed by atoms with Crippen LogP contribution in [0.25, 0.3) is 49.7 Å². The summed E-state index contributed by atoms with van der Waals surface area (Å²) in [6, 6.07) is 71.2. The van der Waals surface area contributed by atoms with E-state index in [1.807, 2.05) is 0 Å². The molecule has 69 heavy (non-hydrogen) atoms. The smallest absolute Gasteiger partial charge is 0.0542 e. The highest BCUT2D eigenvalue weighted by Gasteiger charge is 2.47. The van der Waals surface area contributed by atoms with Crippen LogP contribution in [0.5, 0.6) is 0 Å². The van der Waals surface area contributed by atoms with Crippen LogP contribution in [0.1, 0.15) is 99.9 Å². The van der Waals surface area contributed by atoms with Crippen molar-refractivity contribution < 1.29 is 0 Å². The van der Waals surface area contributed by atoms with E-state index in [4.69, 9.17) is 0 Å². The highest BCUT2D eigenvalue weighted by Crippen LogP contribution is 2.62. The molecule has 0 fully saturated rings. The highest BCUT2D eigenvalue weighted by molar-refractivity contribution is 6.11. The molecule has 0 spiro atoms. The molecule has 2 aliphatic heterocycles. The average molecular weight is 890 g/mol. The van der Waals surface area contributed by atoms with E-state index in [0.29, 0.717) is 0 Å². The minimum Gasteiger partial charge on any atom is -0.310 e. The lowest BCUT2D eigenvalue weighted by Gasteiger charge is -2.43. The molecular weight excluding hydrogens is 835 g/mol. The molecule has 0 bridgehead atoms. The van der Waals surface area contributed by atoms with E-state index in [-0.39, 0.29) is 21.7 Å². The van der Waals surface area contributed by atoms with Crippen molar-refractivity contribution in [3.63, 3.8) is 0 Å². The van der Waals surface area contributed by atoms with Crippen LogP contribution in [0.2, 0.25) is 0 Å². The van der Waals surface area contributed by atoms with Crippen molar-refractivity contribution >= 4 is 55.9 Å². The fourth-order valence-electron chi connectivity index (χ4n) is 13.4. The van der Waals surface area contributed by atoms with Gasteiger partial charge in [-0.05, 0) is 164 Å². The summed E-state index contributed by atoms with van der Waals surface area (Å²) in [5, 5.41) is 2.51. The summed E-state index contributed by atoms with van der Waals surface area (Å²) in [6.45, 7) is 19.5. The molecule has 10 aromatic rings. The summed E-state index contributed by atoms with van der Waals surface area (Å²) in [5.74, 6) is 0. The Labute approximate surface area is 405 Å². The van der Waals surface area contributed by atoms with Gasteiger partial charge in [-0.25, -0.2) is 0 Å². The third-order valence-corrected chi connectivity index (χ3v) is 17.1. The van der Waals surface area contributed by atoms with Crippen molar-refractivity contribution in [3.8, 4) is 27.9 Å². The first-order valence-corrected chi connectivity index (χ1v) is 24.8. The Morgan fingerprint density at radius 2 is 0.652 bits per heavy atom. The number of anilines is 6. The Morgan fingerprint density at radius 3 is 1.19 bits per heavy atom. The van der Waals surface area contributed by atoms with Crippen molar-refractivity contribution in [2.24, 2.45) is 0 Å². The van der Waals surface area contributed by atoms with E-state index >= 15 is 0 Å². The fraction of sp³-hybridized carbons (Fsp3) is 0.182. The lowest BCUT2D eigenvalue weighted by atomic mass is 9.71. The first-order valence-electron chi connectivity index (χ1n) is 24.8. The van der Waals surface area contributed by atoms with Gasteiger partial charge in [0.05, 0.1) is 33.8 Å². The second-order valence-electron chi connectivity index (χ2n) is 22.2. The van der Waals surface area contributed by atoms with E-state index in [9.17, 15) is 0 Å². The van der Waals surface area contributed by atoms with Crippen LogP contribution < -0.4 is 9.80 Å². The molecule has 1 aromatic heterocycles. The summed E-state index contributed by atoms with van der Waals surface area (Å²) in [7, 11) is 0. The zero-order valence-corrected chi connectivity index (χ0v) is 40.7. The fourth-order valence-corrected chi connectivity index (χ4v) is 13.4. The van der Waals surface area contributed by atoms with Crippen LogP contribution in [0, 0.1) is 0 Å². The zero-order valence-electron chi connectivity index (χ0n) is 40.7. The number of benzene rings is 9. The van der Waals surface area contributed by atoms with E-state index in [1.165, 1.54) is 128 Å². The van der Waals surface area contributed by atoms with Crippen LogP contribution in [-0.2, 0) is 21.7 Å². The molecular formula is C66H55N3. The molecule has 14 rings (SSSR count). The maximum atomic E-state index is 2.59. The molecule has 4 aliphatic rings. The Morgan fingerprint density at radius 1 is 0.261 bits per heavy atom. The lowest BCUT2D eigenvalue weighted by Crippen LogP contribution is -2.31. The van der Waals surface area contributed by atoms with Crippen molar-refractivity contribution in [3.05, 3.63) is 233 Å². The van der Waals surface area contributed by atoms with Crippen LogP contribution in [0.15, 0.2) is 188 Å². The standard InChI is InChI=1S/C66H55N3/c1-63(2)49-26-16-19-29-59(49)68(41-23-13-10-14-24-41)61-38-53-46(36-55(61)63)44-34-52-45(35-51(44)65(53,5)6)47-37-56-62(39-54(47)66(52,7)8)69(60-30-20-17-27-50(60)64(56,3)4)42-31-32-58-48(33-42)43-25-15-18-28-57(43)67(58)40-21-11-9-12-22-40/h9-39H,1-8H3. The molecule has 3 heteroatoms. The highest BCUT2D eigenvalue weighted by atomic mass is 15.2. The first-order chi connectivity index (χ1) is 33.3. The van der Waals surface area contributed by atoms with Gasteiger partial charge in [-0.3, -0.25) is 0 Å². The quantitative estimate of drug-likeness (QED) is 0.175. The van der Waals surface area contributed by atoms with Crippen molar-refractivity contribution in [1.29, 1.82) is 0 Å². The number of nitrogens with zero attached hydrogens (tertiary/aromatic N) is 3. The Balaban J connectivity index is 0.949. The molecule has 3 nitrogen and oxygen atoms in total. The van der Waals surface area contributed by atoms with Gasteiger partial charge in [-0.1, -0.05) is 146 Å². The normalized spacial score (nSPS) is 16.8. The van der Waals surface area contributed by atoms with Crippen molar-refractivity contribution in [1.82, 2.24) is 4.57 Å². The number of para-hydroxylation sites is 5. The van der Waals surface area contributed by atoms with Gasteiger partial charge in [0, 0.05) is 49.5 Å². The predicted octanol–water partition coefficient (Wildman–Crippen LogP) is 17.6. The van der Waals surface area contributed by atoms with Crippen molar-refractivity contribution in [2.45, 2.75) is 77.0 Å². The molecule has 334 valence electrons. The van der Waals surface area contributed by atoms with E-state index < -0.39 is 0 Å². The van der Waals surface area contributed by atoms with Gasteiger partial charge in [-0.2, -0.15) is 0 Å². The van der Waals surface area contributed by atoms with Crippen LogP contribution in [0.4, 0.5) is 34.1 Å². The largest absolute Gasteiger partial charge is 0.310 e. The molecule has 0 N–H and O–H groups in total. The predicted molar refractivity (Wildman–Crippen MR) is 290 cm³/mol. The van der Waals surface area contributed by atoms with Gasteiger partial charge in [0.1, 0.15) is 0 Å². The van der Waals surface area contributed by atoms with E-state index in [1.54, 1.807) is 0 Å². The van der Waals surface area contributed by atoms with E-state index in [2.05, 4.69) is 258 Å². The SMILES string of the molecule is CC1(C)c2cc3c(cc2-c2cc4c(cc21)N(c1ccccc1)c1ccccc1C4(C)C)C(C)(C)c1cc2c(cc1-3)C(C)(C)c1ccccc1N2c1ccc2c(c1)c1ccccc1n2-c1ccccc1. The van der Waals surface area contributed by atoms with Gasteiger partial charge in [-0.15, -0.1) is 0 Å². The zero-order chi connectivity index (χ0) is 46.9. The molecule has 0 saturated carbocycles. The topological polar surface area (TPSA) is 11.4 Å². The third-order valence-electron chi connectivity index (χ3n) is 17.1. The van der Waals surface area contributed by atoms with Crippen LogP contribution in [0.3, 0.4) is 0 Å². The monoisotopic (exact) mass is 889 g/mol. The molecule has 0 unspecified atom stereocenters. The van der Waals surface area contributed by atoms with Gasteiger partial charge < -0.3 is 14.4 Å². The second kappa shape index (κ2) is 13.5. The second-order valence-corrected chi connectivity index (χ2v) is 22.2. The van der Waals surface area contributed by atoms with Crippen LogP contribution >= 0.6 is 0 Å². The summed E-state index contributed by atoms with van der Waals surface area (Å²) in [4.78, 5) is 5.06. The van der Waals surface area contributed by atoms with Crippen LogP contribution in [-0.4, -0.2) is 4.57 Å². The molecule has 2 aliphatic carbocycles. The number of hydrogen-bond acceptors (Lipinski definition) is 2. The molecule has 3 heterocycles. The first kappa shape index (κ1) is 40.4. The summed E-state index contributed by atoms with van der Waals surface area (Å²) < 4.78 is 2.41. The number of rotatable bonds is 3. The maximum Gasteiger partial charge on any atom is 0.0542 e. The van der Waals surface area contributed by atoms with Gasteiger partial charge in [0.2, 0.25) is 0 Å². The molecule has 0 radical (unpaired) electrons. The van der Waals surface area contributed by atoms with E-state index in [0.717, 1.165) is 0 Å². The Hall–Kier alpha value is -7.62. The number of aromatic nitrogens is 1. The summed E-state index contributed by atoms with van der Waals surface area (Å²) in [5.41, 5.74) is 26.6. The van der Waals surface area contributed by atoms with Crippen molar-refractivity contribution in [2.75, 3.05) is 9.80 Å². The molecule has 0 amide bonds. The number of fused-ring (bicyclic) bond motifs is 13. The lowest BCUT2D eigenvalue weighted by molar-refractivity contribution is 0.627. The molecule has 0 atom stereocenters. The molecule has 9 aromatic carbocycles. The Kier molecular flexibility index (Phi) is 7.94. The minimum atomic E-state index is -0.238. The molecule has 0 saturated heterocycles. The number of hydrogen-bond donors (Lipinski definition) is 0. The summed E-state index contributed by atoms with van der Waals surface area (Å²) >= 11 is 0.